The lowest BCUT2D eigenvalue weighted by Gasteiger charge is -1.89. The van der Waals surface area contributed by atoms with Crippen LogP contribution < -0.4 is 0 Å². The molecule has 0 N–H and O–H groups in total. The third-order valence-corrected chi connectivity index (χ3v) is 1.65. The summed E-state index contributed by atoms with van der Waals surface area (Å²) < 4.78 is 0. The number of carbonyl (C=O) groups excluding carboxylic acids is 2. The Hall–Kier alpha value is -1.44. The molecule has 0 aromatic heterocycles. The van der Waals surface area contributed by atoms with E-state index in [-0.39, 0.29) is 12.2 Å². The molecule has 0 unspecified atom stereocenters. The van der Waals surface area contributed by atoms with Gasteiger partial charge >= 0.3 is 0 Å². The molecule has 0 fully saturated rings. The van der Waals surface area contributed by atoms with Crippen LogP contribution in [-0.4, -0.2) is 11.6 Å². The van der Waals surface area contributed by atoms with E-state index in [1.807, 2.05) is 0 Å². The minimum Gasteiger partial charge on any atom is -0.290 e. The predicted molar refractivity (Wildman–Crippen MR) is 42.1 cm³/mol. The summed E-state index contributed by atoms with van der Waals surface area (Å²) in [4.78, 5) is 21.8. The molecule has 0 saturated carbocycles. The van der Waals surface area contributed by atoms with Crippen LogP contribution in [0.5, 0.6) is 0 Å². The Kier molecular flexibility index (Phi) is 1.85. The highest BCUT2D eigenvalue weighted by molar-refractivity contribution is 6.47. The number of Topliss-reactive ketones (excluding diaryl/α,β-unsaturated/α-hetero) is 2. The van der Waals surface area contributed by atoms with E-state index in [0.29, 0.717) is 11.1 Å². The van der Waals surface area contributed by atoms with E-state index < -0.39 is 5.78 Å². The van der Waals surface area contributed by atoms with E-state index in [0.717, 1.165) is 0 Å². The van der Waals surface area contributed by atoms with Crippen LogP contribution in [0, 0.1) is 0 Å². The Bertz CT molecular complexity index is 282. The van der Waals surface area contributed by atoms with Crippen molar-refractivity contribution in [1.82, 2.24) is 0 Å². The molecule has 56 valence electrons. The third kappa shape index (κ3) is 1.07. The first-order valence-electron chi connectivity index (χ1n) is 3.26. The standard InChI is InChI=1S/C9H8O2/c1-3-6-5-8(10)9(11)7(6)4-2/h3-4H,1-2,5H2. The molecule has 0 radical (unpaired) electrons. The molecule has 0 aromatic carbocycles. The number of carbonyl (C=O) groups is 2. The van der Waals surface area contributed by atoms with Crippen LogP contribution in [0.3, 0.4) is 0 Å². The van der Waals surface area contributed by atoms with Gasteiger partial charge in [0.05, 0.1) is 0 Å². The molecule has 0 aliphatic heterocycles. The second-order valence-electron chi connectivity index (χ2n) is 2.28. The van der Waals surface area contributed by atoms with Crippen LogP contribution in [0.25, 0.3) is 0 Å². The maximum absolute atomic E-state index is 11.0. The van der Waals surface area contributed by atoms with E-state index in [1.165, 1.54) is 12.2 Å². The fourth-order valence-corrected chi connectivity index (χ4v) is 1.05. The summed E-state index contributed by atoms with van der Waals surface area (Å²) in [5, 5.41) is 0. The molecule has 0 spiro atoms. The molecule has 2 nitrogen and oxygen atoms in total. The van der Waals surface area contributed by atoms with Gasteiger partial charge in [0, 0.05) is 12.0 Å². The van der Waals surface area contributed by atoms with Gasteiger partial charge < -0.3 is 0 Å². The maximum Gasteiger partial charge on any atom is 0.229 e. The summed E-state index contributed by atoms with van der Waals surface area (Å²) in [6, 6.07) is 0. The highest BCUT2D eigenvalue weighted by atomic mass is 16.2. The molecular formula is C9H8O2. The molecule has 11 heavy (non-hydrogen) atoms. The van der Waals surface area contributed by atoms with E-state index in [1.54, 1.807) is 0 Å². The van der Waals surface area contributed by atoms with Crippen LogP contribution in [-0.2, 0) is 9.59 Å². The zero-order valence-corrected chi connectivity index (χ0v) is 6.09. The summed E-state index contributed by atoms with van der Waals surface area (Å²) >= 11 is 0. The molecule has 0 bridgehead atoms. The lowest BCUT2D eigenvalue weighted by molar-refractivity contribution is -0.132. The summed E-state index contributed by atoms with van der Waals surface area (Å²) in [6.07, 6.45) is 3.12. The lowest BCUT2D eigenvalue weighted by Crippen LogP contribution is -2.06. The van der Waals surface area contributed by atoms with Gasteiger partial charge in [-0.3, -0.25) is 9.59 Å². The number of rotatable bonds is 2. The minimum atomic E-state index is -0.435. The Morgan fingerprint density at radius 3 is 2.18 bits per heavy atom. The largest absolute Gasteiger partial charge is 0.290 e. The van der Waals surface area contributed by atoms with Crippen LogP contribution in [0.15, 0.2) is 36.5 Å². The Morgan fingerprint density at radius 1 is 1.18 bits per heavy atom. The van der Waals surface area contributed by atoms with E-state index in [4.69, 9.17) is 0 Å². The van der Waals surface area contributed by atoms with Crippen molar-refractivity contribution < 1.29 is 9.59 Å². The zero-order valence-electron chi connectivity index (χ0n) is 6.09. The minimum absolute atomic E-state index is 0.184. The van der Waals surface area contributed by atoms with Crippen LogP contribution >= 0.6 is 0 Å². The molecule has 0 atom stereocenters. The van der Waals surface area contributed by atoms with E-state index in [2.05, 4.69) is 13.2 Å². The second-order valence-corrected chi connectivity index (χ2v) is 2.28. The normalized spacial score (nSPS) is 17.5. The van der Waals surface area contributed by atoms with Gasteiger partial charge in [-0.05, 0) is 5.57 Å². The average molecular weight is 148 g/mol. The first kappa shape index (κ1) is 7.66. The number of allylic oxidation sites excluding steroid dienone is 4. The average Bonchev–Trinajstić information content (AvgIpc) is 2.28. The van der Waals surface area contributed by atoms with Crippen molar-refractivity contribution in [3.05, 3.63) is 36.5 Å². The van der Waals surface area contributed by atoms with Crippen molar-refractivity contribution in [3.8, 4) is 0 Å². The van der Waals surface area contributed by atoms with Crippen molar-refractivity contribution in [2.45, 2.75) is 6.42 Å². The van der Waals surface area contributed by atoms with Gasteiger partial charge in [0.25, 0.3) is 0 Å². The van der Waals surface area contributed by atoms with Gasteiger partial charge in [-0.25, -0.2) is 0 Å². The van der Waals surface area contributed by atoms with E-state index in [9.17, 15) is 9.59 Å². The van der Waals surface area contributed by atoms with Gasteiger partial charge in [0.1, 0.15) is 0 Å². The highest BCUT2D eigenvalue weighted by Gasteiger charge is 2.27. The van der Waals surface area contributed by atoms with Gasteiger partial charge in [-0.1, -0.05) is 25.3 Å². The van der Waals surface area contributed by atoms with Gasteiger partial charge in [-0.15, -0.1) is 0 Å². The summed E-state index contributed by atoms with van der Waals surface area (Å²) in [5.74, 6) is -0.801. The summed E-state index contributed by atoms with van der Waals surface area (Å²) in [7, 11) is 0. The van der Waals surface area contributed by atoms with Gasteiger partial charge in [-0.2, -0.15) is 0 Å². The zero-order chi connectivity index (χ0) is 8.43. The number of ketones is 2. The summed E-state index contributed by atoms with van der Waals surface area (Å²) in [6.45, 7) is 6.95. The van der Waals surface area contributed by atoms with E-state index >= 15 is 0 Å². The quantitative estimate of drug-likeness (QED) is 0.551. The molecule has 0 saturated heterocycles. The highest BCUT2D eigenvalue weighted by Crippen LogP contribution is 2.21. The molecule has 1 rings (SSSR count). The van der Waals surface area contributed by atoms with Crippen LogP contribution in [0.2, 0.25) is 0 Å². The Balaban J connectivity index is 3.14. The number of hydrogen-bond donors (Lipinski definition) is 0. The van der Waals surface area contributed by atoms with Crippen molar-refractivity contribution in [3.63, 3.8) is 0 Å². The topological polar surface area (TPSA) is 34.1 Å². The first-order chi connectivity index (χ1) is 5.20. The molecule has 1 aliphatic rings. The molecule has 0 amide bonds. The SMILES string of the molecule is C=CC1=C(C=C)C(=O)C(=O)C1. The second kappa shape index (κ2) is 2.66. The maximum atomic E-state index is 11.0. The monoisotopic (exact) mass is 148 g/mol. The Morgan fingerprint density at radius 2 is 1.82 bits per heavy atom. The predicted octanol–water partition coefficient (Wildman–Crippen LogP) is 1.20. The molecule has 1 aliphatic carbocycles. The molecule has 0 aromatic rings. The smallest absolute Gasteiger partial charge is 0.229 e. The van der Waals surface area contributed by atoms with Gasteiger partial charge in [0.15, 0.2) is 0 Å². The molecule has 0 heterocycles. The molecular weight excluding hydrogens is 140 g/mol. The lowest BCUT2D eigenvalue weighted by atomic mass is 10.1. The fourth-order valence-electron chi connectivity index (χ4n) is 1.05. The van der Waals surface area contributed by atoms with Crippen molar-refractivity contribution in [2.75, 3.05) is 0 Å². The van der Waals surface area contributed by atoms with Crippen molar-refractivity contribution in [2.24, 2.45) is 0 Å². The fraction of sp³-hybridized carbons (Fsp3) is 0.111. The summed E-state index contributed by atoms with van der Waals surface area (Å²) in [5.41, 5.74) is 1.10. The van der Waals surface area contributed by atoms with Crippen LogP contribution in [0.1, 0.15) is 6.42 Å². The van der Waals surface area contributed by atoms with Gasteiger partial charge in [0.2, 0.25) is 11.6 Å². The number of hydrogen-bond acceptors (Lipinski definition) is 2. The third-order valence-electron chi connectivity index (χ3n) is 1.65. The van der Waals surface area contributed by atoms with Crippen LogP contribution in [0.4, 0.5) is 0 Å². The Labute approximate surface area is 64.9 Å². The first-order valence-corrected chi connectivity index (χ1v) is 3.26. The molecule has 2 heteroatoms. The van der Waals surface area contributed by atoms with Crippen molar-refractivity contribution in [1.29, 1.82) is 0 Å². The van der Waals surface area contributed by atoms with Crippen molar-refractivity contribution >= 4 is 11.6 Å².